The largest absolute Gasteiger partial charge is 0.487 e. The van der Waals surface area contributed by atoms with Gasteiger partial charge in [-0.15, -0.1) is 0 Å². The number of ether oxygens (including phenoxy) is 1. The Balaban J connectivity index is 2.22. The van der Waals surface area contributed by atoms with E-state index in [1.165, 1.54) is 0 Å². The molecule has 5 heteroatoms. The Labute approximate surface area is 105 Å². The molecule has 0 saturated heterocycles. The lowest BCUT2D eigenvalue weighted by Gasteiger charge is -2.43. The van der Waals surface area contributed by atoms with Crippen LogP contribution < -0.4 is 15.8 Å². The van der Waals surface area contributed by atoms with Crippen LogP contribution in [0.3, 0.4) is 0 Å². The predicted octanol–water partition coefficient (Wildman–Crippen LogP) is 1.52. The Bertz CT molecular complexity index is 565. The summed E-state index contributed by atoms with van der Waals surface area (Å²) in [5, 5.41) is 2.88. The molecule has 2 aliphatic rings. The molecule has 1 spiro atoms. The molecule has 1 unspecified atom stereocenters. The van der Waals surface area contributed by atoms with Gasteiger partial charge in [0.1, 0.15) is 22.7 Å². The third-order valence-electron chi connectivity index (χ3n) is 3.40. The van der Waals surface area contributed by atoms with Crippen molar-refractivity contribution in [3.8, 4) is 5.75 Å². The Kier molecular flexibility index (Phi) is 2.00. The number of rotatable bonds is 0. The van der Waals surface area contributed by atoms with Crippen molar-refractivity contribution < 1.29 is 9.53 Å². The number of amides is 2. The van der Waals surface area contributed by atoms with Gasteiger partial charge in [-0.05, 0) is 19.9 Å². The fourth-order valence-electron chi connectivity index (χ4n) is 2.80. The summed E-state index contributed by atoms with van der Waals surface area (Å²) in [6.45, 7) is 3.95. The lowest BCUT2D eigenvalue weighted by Crippen LogP contribution is -2.56. The van der Waals surface area contributed by atoms with Crippen LogP contribution in [0.25, 0.3) is 0 Å². The van der Waals surface area contributed by atoms with E-state index in [1.807, 2.05) is 38.1 Å². The van der Waals surface area contributed by atoms with Crippen LogP contribution in [0.5, 0.6) is 5.75 Å². The topological polar surface area (TPSA) is 76.7 Å². The Morgan fingerprint density at radius 3 is 2.78 bits per heavy atom. The molecule has 5 nitrogen and oxygen atoms in total. The first-order chi connectivity index (χ1) is 8.43. The molecule has 0 aliphatic carbocycles. The van der Waals surface area contributed by atoms with Gasteiger partial charge in [0.05, 0.1) is 0 Å². The van der Waals surface area contributed by atoms with Crippen molar-refractivity contribution in [2.45, 2.75) is 31.4 Å². The zero-order valence-corrected chi connectivity index (χ0v) is 10.4. The van der Waals surface area contributed by atoms with Crippen LogP contribution in [0.2, 0.25) is 0 Å². The predicted molar refractivity (Wildman–Crippen MR) is 67.6 cm³/mol. The van der Waals surface area contributed by atoms with Gasteiger partial charge in [-0.2, -0.15) is 4.99 Å². The summed E-state index contributed by atoms with van der Waals surface area (Å²) in [5.41, 5.74) is 5.72. The van der Waals surface area contributed by atoms with E-state index in [2.05, 4.69) is 10.3 Å². The van der Waals surface area contributed by atoms with Crippen molar-refractivity contribution in [1.82, 2.24) is 5.32 Å². The second-order valence-corrected chi connectivity index (χ2v) is 5.37. The maximum Gasteiger partial charge on any atom is 0.343 e. The highest BCUT2D eigenvalue weighted by Crippen LogP contribution is 2.44. The van der Waals surface area contributed by atoms with Crippen molar-refractivity contribution in [2.24, 2.45) is 10.7 Å². The van der Waals surface area contributed by atoms with Crippen LogP contribution in [0, 0.1) is 0 Å². The second kappa shape index (κ2) is 3.25. The summed E-state index contributed by atoms with van der Waals surface area (Å²) < 4.78 is 5.93. The number of hydrogen-bond donors (Lipinski definition) is 2. The molecule has 3 rings (SSSR count). The number of hydrogen-bond acceptors (Lipinski definition) is 3. The van der Waals surface area contributed by atoms with Crippen molar-refractivity contribution >= 4 is 11.9 Å². The molecule has 2 aliphatic heterocycles. The van der Waals surface area contributed by atoms with Gasteiger partial charge >= 0.3 is 6.03 Å². The lowest BCUT2D eigenvalue weighted by atomic mass is 9.77. The number of nitrogens with zero attached hydrogens (tertiary/aromatic N) is 1. The standard InChI is InChI=1S/C13H15N3O2/c1-12(2)7-13(10(14)15-11(17)16-13)8-5-3-4-6-9(8)18-12/h3-6H,7H2,1-2H3,(H3,14,15,16,17). The Morgan fingerprint density at radius 2 is 2.11 bits per heavy atom. The molecule has 2 amide bonds. The summed E-state index contributed by atoms with van der Waals surface area (Å²) in [6, 6.07) is 7.21. The van der Waals surface area contributed by atoms with Crippen molar-refractivity contribution in [3.05, 3.63) is 29.8 Å². The zero-order chi connectivity index (χ0) is 13.0. The van der Waals surface area contributed by atoms with Crippen LogP contribution in [0.15, 0.2) is 29.3 Å². The first kappa shape index (κ1) is 11.1. The van der Waals surface area contributed by atoms with E-state index < -0.39 is 11.1 Å². The second-order valence-electron chi connectivity index (χ2n) is 5.37. The Hall–Kier alpha value is -2.04. The monoisotopic (exact) mass is 245 g/mol. The number of benzene rings is 1. The van der Waals surface area contributed by atoms with Crippen molar-refractivity contribution in [2.75, 3.05) is 0 Å². The van der Waals surface area contributed by atoms with Gasteiger partial charge in [0, 0.05) is 12.0 Å². The number of nitrogens with two attached hydrogens (primary N) is 1. The molecule has 0 aromatic heterocycles. The highest BCUT2D eigenvalue weighted by Gasteiger charge is 2.51. The van der Waals surface area contributed by atoms with Crippen LogP contribution in [-0.2, 0) is 5.54 Å². The summed E-state index contributed by atoms with van der Waals surface area (Å²) in [6.07, 6.45) is 0.568. The van der Waals surface area contributed by atoms with Crippen LogP contribution in [0.4, 0.5) is 4.79 Å². The van der Waals surface area contributed by atoms with E-state index in [0.29, 0.717) is 12.3 Å². The number of urea groups is 1. The van der Waals surface area contributed by atoms with E-state index in [-0.39, 0.29) is 6.03 Å². The average molecular weight is 245 g/mol. The SMILES string of the molecule is CC1(C)CC2(NC(=O)N=C2N)c2ccccc2O1. The molecule has 0 saturated carbocycles. The van der Waals surface area contributed by atoms with Crippen LogP contribution in [0.1, 0.15) is 25.8 Å². The van der Waals surface area contributed by atoms with Gasteiger partial charge in [0.15, 0.2) is 0 Å². The first-order valence-electron chi connectivity index (χ1n) is 5.88. The maximum atomic E-state index is 11.5. The van der Waals surface area contributed by atoms with Crippen LogP contribution >= 0.6 is 0 Å². The summed E-state index contributed by atoms with van der Waals surface area (Å²) in [4.78, 5) is 15.3. The summed E-state index contributed by atoms with van der Waals surface area (Å²) in [7, 11) is 0. The van der Waals surface area contributed by atoms with Gasteiger partial charge in [-0.3, -0.25) is 0 Å². The molecule has 1 aromatic rings. The molecular formula is C13H15N3O2. The third kappa shape index (κ3) is 1.40. The molecule has 1 aromatic carbocycles. The van der Waals surface area contributed by atoms with E-state index in [0.717, 1.165) is 11.3 Å². The number of nitrogens with one attached hydrogen (secondary N) is 1. The molecule has 94 valence electrons. The summed E-state index contributed by atoms with van der Waals surface area (Å²) in [5.74, 6) is 1.06. The van der Waals surface area contributed by atoms with E-state index >= 15 is 0 Å². The number of carbonyl (C=O) groups is 1. The quantitative estimate of drug-likeness (QED) is 0.727. The third-order valence-corrected chi connectivity index (χ3v) is 3.40. The number of carbonyl (C=O) groups excluding carboxylic acids is 1. The van der Waals surface area contributed by atoms with E-state index in [9.17, 15) is 4.79 Å². The Morgan fingerprint density at radius 1 is 1.39 bits per heavy atom. The zero-order valence-electron chi connectivity index (χ0n) is 10.4. The van der Waals surface area contributed by atoms with Crippen LogP contribution in [-0.4, -0.2) is 17.5 Å². The molecular weight excluding hydrogens is 230 g/mol. The van der Waals surface area contributed by atoms with Gasteiger partial charge < -0.3 is 15.8 Å². The van der Waals surface area contributed by atoms with Crippen molar-refractivity contribution in [3.63, 3.8) is 0 Å². The summed E-state index contributed by atoms with van der Waals surface area (Å²) >= 11 is 0. The fourth-order valence-corrected chi connectivity index (χ4v) is 2.80. The minimum Gasteiger partial charge on any atom is -0.487 e. The number of fused-ring (bicyclic) bond motifs is 2. The molecule has 0 bridgehead atoms. The van der Waals surface area contributed by atoms with E-state index in [4.69, 9.17) is 10.5 Å². The smallest absolute Gasteiger partial charge is 0.343 e. The normalized spacial score (nSPS) is 28.3. The van der Waals surface area contributed by atoms with E-state index in [1.54, 1.807) is 0 Å². The highest BCUT2D eigenvalue weighted by molar-refractivity contribution is 6.06. The van der Waals surface area contributed by atoms with Crippen molar-refractivity contribution in [1.29, 1.82) is 0 Å². The van der Waals surface area contributed by atoms with Gasteiger partial charge in [-0.25, -0.2) is 4.79 Å². The molecule has 1 atom stereocenters. The fraction of sp³-hybridized carbons (Fsp3) is 0.385. The number of aliphatic imine (C=N–C) groups is 1. The highest BCUT2D eigenvalue weighted by atomic mass is 16.5. The van der Waals surface area contributed by atoms with Gasteiger partial charge in [0.2, 0.25) is 0 Å². The molecule has 3 N–H and O–H groups in total. The molecule has 18 heavy (non-hydrogen) atoms. The minimum atomic E-state index is -0.727. The number of para-hydroxylation sites is 1. The average Bonchev–Trinajstić information content (AvgIpc) is 2.52. The molecule has 2 heterocycles. The first-order valence-corrected chi connectivity index (χ1v) is 5.88. The number of amidine groups is 1. The maximum absolute atomic E-state index is 11.5. The van der Waals surface area contributed by atoms with Gasteiger partial charge in [-0.1, -0.05) is 18.2 Å². The van der Waals surface area contributed by atoms with Gasteiger partial charge in [0.25, 0.3) is 0 Å². The molecule has 0 radical (unpaired) electrons. The molecule has 0 fully saturated rings. The lowest BCUT2D eigenvalue weighted by molar-refractivity contribution is 0.0566. The minimum absolute atomic E-state index is 0.316.